The molecule has 1 fully saturated rings. The number of benzene rings is 2. The van der Waals surface area contributed by atoms with Crippen molar-refractivity contribution >= 4 is 0 Å². The van der Waals surface area contributed by atoms with Crippen LogP contribution in [-0.4, -0.2) is 73.7 Å². The number of fused-ring (bicyclic) bond motifs is 1. The first-order chi connectivity index (χ1) is 13.3. The van der Waals surface area contributed by atoms with Crippen molar-refractivity contribution in [1.29, 1.82) is 0 Å². The predicted octanol–water partition coefficient (Wildman–Crippen LogP) is 2.74. The Kier molecular flexibility index (Phi) is 6.07. The minimum Gasteiger partial charge on any atom is -0.488 e. The highest BCUT2D eigenvalue weighted by molar-refractivity contribution is 5.37. The standard InChI is InChI=1S/C23H31N3O/c1-24(19-22-17-21-9-5-6-10-23(21)27-22)11-12-25-13-15-26(16-14-25)18-20-7-3-2-4-8-20/h2-10,22H,11-19H2,1H3. The van der Waals surface area contributed by atoms with Gasteiger partial charge in [-0.1, -0.05) is 48.5 Å². The van der Waals surface area contributed by atoms with E-state index < -0.39 is 0 Å². The molecule has 0 bridgehead atoms. The van der Waals surface area contributed by atoms with Gasteiger partial charge in [-0.25, -0.2) is 0 Å². The number of para-hydroxylation sites is 1. The summed E-state index contributed by atoms with van der Waals surface area (Å²) in [6.07, 6.45) is 1.34. The third-order valence-corrected chi connectivity index (χ3v) is 5.74. The molecule has 2 aliphatic rings. The zero-order chi connectivity index (χ0) is 18.5. The molecule has 0 N–H and O–H groups in total. The quantitative estimate of drug-likeness (QED) is 0.751. The molecule has 0 aliphatic carbocycles. The lowest BCUT2D eigenvalue weighted by atomic mass is 10.1. The lowest BCUT2D eigenvalue weighted by Crippen LogP contribution is -2.48. The Hall–Kier alpha value is -1.88. The van der Waals surface area contributed by atoms with Gasteiger partial charge in [-0.15, -0.1) is 0 Å². The van der Waals surface area contributed by atoms with Crippen molar-refractivity contribution in [1.82, 2.24) is 14.7 Å². The maximum atomic E-state index is 6.08. The summed E-state index contributed by atoms with van der Waals surface area (Å²) in [5, 5.41) is 0. The zero-order valence-electron chi connectivity index (χ0n) is 16.4. The van der Waals surface area contributed by atoms with E-state index in [2.05, 4.69) is 76.3 Å². The fourth-order valence-corrected chi connectivity index (χ4v) is 4.12. The largest absolute Gasteiger partial charge is 0.488 e. The Morgan fingerprint density at radius 3 is 2.41 bits per heavy atom. The molecule has 0 saturated carbocycles. The molecule has 1 atom stereocenters. The minimum atomic E-state index is 0.301. The Bertz CT molecular complexity index is 688. The molecule has 1 saturated heterocycles. The van der Waals surface area contributed by atoms with Gasteiger partial charge in [0.15, 0.2) is 0 Å². The highest BCUT2D eigenvalue weighted by Crippen LogP contribution is 2.28. The SMILES string of the molecule is CN(CCN1CCN(Cc2ccccc2)CC1)CC1Cc2ccccc2O1. The van der Waals surface area contributed by atoms with E-state index in [1.165, 1.54) is 37.3 Å². The van der Waals surface area contributed by atoms with E-state index in [1.54, 1.807) is 0 Å². The first kappa shape index (κ1) is 18.5. The van der Waals surface area contributed by atoms with Crippen LogP contribution in [0, 0.1) is 0 Å². The summed E-state index contributed by atoms with van der Waals surface area (Å²) in [5.41, 5.74) is 2.77. The van der Waals surface area contributed by atoms with E-state index in [9.17, 15) is 0 Å². The van der Waals surface area contributed by atoms with E-state index in [0.717, 1.165) is 38.3 Å². The lowest BCUT2D eigenvalue weighted by Gasteiger charge is -2.35. The van der Waals surface area contributed by atoms with Crippen LogP contribution in [-0.2, 0) is 13.0 Å². The average molecular weight is 366 g/mol. The fraction of sp³-hybridized carbons (Fsp3) is 0.478. The molecule has 0 spiro atoms. The molecule has 2 aliphatic heterocycles. The normalized spacial score (nSPS) is 20.6. The van der Waals surface area contributed by atoms with Crippen LogP contribution in [0.4, 0.5) is 0 Å². The molecule has 4 nitrogen and oxygen atoms in total. The summed E-state index contributed by atoms with van der Waals surface area (Å²) in [4.78, 5) is 7.59. The lowest BCUT2D eigenvalue weighted by molar-refractivity contribution is 0.109. The highest BCUT2D eigenvalue weighted by Gasteiger charge is 2.24. The summed E-state index contributed by atoms with van der Waals surface area (Å²) in [6.45, 7) is 9.01. The van der Waals surface area contributed by atoms with Crippen LogP contribution >= 0.6 is 0 Å². The van der Waals surface area contributed by atoms with Gasteiger partial charge in [-0.05, 0) is 24.2 Å². The van der Waals surface area contributed by atoms with E-state index in [4.69, 9.17) is 4.74 Å². The Labute approximate surface area is 163 Å². The van der Waals surface area contributed by atoms with Gasteiger partial charge < -0.3 is 9.64 Å². The average Bonchev–Trinajstić information content (AvgIpc) is 3.10. The van der Waals surface area contributed by atoms with Crippen molar-refractivity contribution in [2.24, 2.45) is 0 Å². The van der Waals surface area contributed by atoms with Gasteiger partial charge in [0.2, 0.25) is 0 Å². The molecule has 0 aromatic heterocycles. The van der Waals surface area contributed by atoms with Gasteiger partial charge in [0.05, 0.1) is 0 Å². The second kappa shape index (κ2) is 8.87. The van der Waals surface area contributed by atoms with Crippen molar-refractivity contribution in [3.05, 3.63) is 65.7 Å². The summed E-state index contributed by atoms with van der Waals surface area (Å²) < 4.78 is 6.08. The molecule has 144 valence electrons. The van der Waals surface area contributed by atoms with Crippen molar-refractivity contribution in [2.45, 2.75) is 19.1 Å². The number of nitrogens with zero attached hydrogens (tertiary/aromatic N) is 3. The first-order valence-corrected chi connectivity index (χ1v) is 10.2. The van der Waals surface area contributed by atoms with E-state index in [-0.39, 0.29) is 0 Å². The number of hydrogen-bond acceptors (Lipinski definition) is 4. The molecular formula is C23H31N3O. The van der Waals surface area contributed by atoms with Crippen LogP contribution in [0.15, 0.2) is 54.6 Å². The van der Waals surface area contributed by atoms with Gasteiger partial charge in [0, 0.05) is 58.8 Å². The molecular weight excluding hydrogens is 334 g/mol. The number of piperazine rings is 1. The van der Waals surface area contributed by atoms with Crippen molar-refractivity contribution in [3.8, 4) is 5.75 Å². The second-order valence-electron chi connectivity index (χ2n) is 7.92. The van der Waals surface area contributed by atoms with E-state index in [1.807, 2.05) is 0 Å². The van der Waals surface area contributed by atoms with Crippen LogP contribution < -0.4 is 4.74 Å². The van der Waals surface area contributed by atoms with Gasteiger partial charge in [0.25, 0.3) is 0 Å². The van der Waals surface area contributed by atoms with Crippen LogP contribution in [0.2, 0.25) is 0 Å². The van der Waals surface area contributed by atoms with Gasteiger partial charge in [0.1, 0.15) is 11.9 Å². The summed E-state index contributed by atoms with van der Waals surface area (Å²) in [5.74, 6) is 1.07. The molecule has 0 radical (unpaired) electrons. The topological polar surface area (TPSA) is 19.0 Å². The fourth-order valence-electron chi connectivity index (χ4n) is 4.12. The molecule has 27 heavy (non-hydrogen) atoms. The predicted molar refractivity (Wildman–Crippen MR) is 110 cm³/mol. The maximum absolute atomic E-state index is 6.08. The second-order valence-corrected chi connectivity index (χ2v) is 7.92. The maximum Gasteiger partial charge on any atom is 0.123 e. The van der Waals surface area contributed by atoms with Crippen molar-refractivity contribution in [2.75, 3.05) is 52.9 Å². The van der Waals surface area contributed by atoms with Crippen LogP contribution in [0.25, 0.3) is 0 Å². The highest BCUT2D eigenvalue weighted by atomic mass is 16.5. The third kappa shape index (κ3) is 5.10. The molecule has 4 rings (SSSR count). The third-order valence-electron chi connectivity index (χ3n) is 5.74. The van der Waals surface area contributed by atoms with Crippen LogP contribution in [0.5, 0.6) is 5.75 Å². The van der Waals surface area contributed by atoms with Gasteiger partial charge in [-0.2, -0.15) is 0 Å². The summed E-state index contributed by atoms with van der Waals surface area (Å²) in [6, 6.07) is 19.2. The van der Waals surface area contributed by atoms with Crippen LogP contribution in [0.1, 0.15) is 11.1 Å². The number of rotatable bonds is 7. The minimum absolute atomic E-state index is 0.301. The molecule has 4 heteroatoms. The molecule has 0 amide bonds. The Morgan fingerprint density at radius 1 is 0.926 bits per heavy atom. The molecule has 1 unspecified atom stereocenters. The van der Waals surface area contributed by atoms with Gasteiger partial charge in [-0.3, -0.25) is 9.80 Å². The summed E-state index contributed by atoms with van der Waals surface area (Å²) >= 11 is 0. The van der Waals surface area contributed by atoms with Crippen LogP contribution in [0.3, 0.4) is 0 Å². The number of ether oxygens (including phenoxy) is 1. The van der Waals surface area contributed by atoms with Crippen molar-refractivity contribution in [3.63, 3.8) is 0 Å². The smallest absolute Gasteiger partial charge is 0.123 e. The molecule has 2 heterocycles. The number of likely N-dealkylation sites (N-methyl/N-ethyl adjacent to an activating group) is 1. The number of hydrogen-bond donors (Lipinski definition) is 0. The molecule has 2 aromatic carbocycles. The van der Waals surface area contributed by atoms with Crippen molar-refractivity contribution < 1.29 is 4.74 Å². The monoisotopic (exact) mass is 365 g/mol. The molecule has 2 aromatic rings. The zero-order valence-corrected chi connectivity index (χ0v) is 16.4. The first-order valence-electron chi connectivity index (χ1n) is 10.2. The van der Waals surface area contributed by atoms with E-state index >= 15 is 0 Å². The Balaban J connectivity index is 1.14. The Morgan fingerprint density at radius 2 is 1.63 bits per heavy atom. The van der Waals surface area contributed by atoms with Gasteiger partial charge >= 0.3 is 0 Å². The van der Waals surface area contributed by atoms with E-state index in [0.29, 0.717) is 6.10 Å². The summed E-state index contributed by atoms with van der Waals surface area (Å²) in [7, 11) is 2.22.